The standard InChI is InChI=1S/C11H17NO2/c1-8-5-10(6-9(2)12-8)7-11(13-3)14-4/h5-6,11H,7H2,1-4H3. The molecule has 0 saturated carbocycles. The van der Waals surface area contributed by atoms with Gasteiger partial charge in [-0.05, 0) is 31.5 Å². The van der Waals surface area contributed by atoms with Crippen LogP contribution in [0, 0.1) is 13.8 Å². The first kappa shape index (κ1) is 11.1. The van der Waals surface area contributed by atoms with Gasteiger partial charge in [0.2, 0.25) is 0 Å². The minimum Gasteiger partial charge on any atom is -0.356 e. The van der Waals surface area contributed by atoms with Crippen LogP contribution in [0.3, 0.4) is 0 Å². The lowest BCUT2D eigenvalue weighted by Crippen LogP contribution is -2.16. The van der Waals surface area contributed by atoms with Gasteiger partial charge < -0.3 is 9.47 Å². The molecule has 0 aliphatic carbocycles. The van der Waals surface area contributed by atoms with Crippen LogP contribution in [-0.4, -0.2) is 25.5 Å². The average Bonchev–Trinajstić information content (AvgIpc) is 2.12. The molecule has 14 heavy (non-hydrogen) atoms. The second kappa shape index (κ2) is 5.08. The molecule has 0 spiro atoms. The van der Waals surface area contributed by atoms with Crippen molar-refractivity contribution in [2.75, 3.05) is 14.2 Å². The van der Waals surface area contributed by atoms with Crippen molar-refractivity contribution >= 4 is 0 Å². The Morgan fingerprint density at radius 2 is 1.64 bits per heavy atom. The smallest absolute Gasteiger partial charge is 0.160 e. The van der Waals surface area contributed by atoms with Crippen molar-refractivity contribution in [3.63, 3.8) is 0 Å². The molecule has 78 valence electrons. The van der Waals surface area contributed by atoms with Gasteiger partial charge in [-0.15, -0.1) is 0 Å². The molecule has 0 atom stereocenters. The molecule has 1 rings (SSSR count). The van der Waals surface area contributed by atoms with E-state index in [1.165, 1.54) is 5.56 Å². The first-order valence-electron chi connectivity index (χ1n) is 4.65. The summed E-state index contributed by atoms with van der Waals surface area (Å²) in [6.45, 7) is 3.98. The van der Waals surface area contributed by atoms with E-state index >= 15 is 0 Å². The topological polar surface area (TPSA) is 31.4 Å². The van der Waals surface area contributed by atoms with Crippen LogP contribution >= 0.6 is 0 Å². The summed E-state index contributed by atoms with van der Waals surface area (Å²) in [5.74, 6) is 0. The Kier molecular flexibility index (Phi) is 4.04. The van der Waals surface area contributed by atoms with Crippen molar-refractivity contribution in [2.24, 2.45) is 0 Å². The number of aryl methyl sites for hydroxylation is 2. The van der Waals surface area contributed by atoms with E-state index in [0.717, 1.165) is 17.8 Å². The summed E-state index contributed by atoms with van der Waals surface area (Å²) >= 11 is 0. The number of hydrogen-bond acceptors (Lipinski definition) is 3. The van der Waals surface area contributed by atoms with Crippen LogP contribution in [0.1, 0.15) is 17.0 Å². The Bertz CT molecular complexity index is 275. The van der Waals surface area contributed by atoms with Crippen LogP contribution < -0.4 is 0 Å². The molecule has 0 unspecified atom stereocenters. The molecule has 0 fully saturated rings. The highest BCUT2D eigenvalue weighted by Crippen LogP contribution is 2.09. The molecule has 0 amide bonds. The van der Waals surface area contributed by atoms with Gasteiger partial charge in [0.05, 0.1) is 0 Å². The van der Waals surface area contributed by atoms with Crippen molar-refractivity contribution in [3.8, 4) is 0 Å². The van der Waals surface area contributed by atoms with Crippen molar-refractivity contribution in [3.05, 3.63) is 29.1 Å². The summed E-state index contributed by atoms with van der Waals surface area (Å²) < 4.78 is 10.3. The summed E-state index contributed by atoms with van der Waals surface area (Å²) in [5.41, 5.74) is 3.26. The fourth-order valence-corrected chi connectivity index (χ4v) is 1.49. The lowest BCUT2D eigenvalue weighted by atomic mass is 10.1. The average molecular weight is 195 g/mol. The van der Waals surface area contributed by atoms with Gasteiger partial charge in [0.15, 0.2) is 6.29 Å². The lowest BCUT2D eigenvalue weighted by molar-refractivity contribution is -0.100. The third kappa shape index (κ3) is 3.09. The summed E-state index contributed by atoms with van der Waals surface area (Å²) in [6, 6.07) is 4.11. The van der Waals surface area contributed by atoms with Crippen LogP contribution in [0.25, 0.3) is 0 Å². The van der Waals surface area contributed by atoms with Gasteiger partial charge in [-0.3, -0.25) is 4.98 Å². The molecule has 1 heterocycles. The van der Waals surface area contributed by atoms with E-state index in [4.69, 9.17) is 9.47 Å². The Morgan fingerprint density at radius 3 is 2.07 bits per heavy atom. The zero-order chi connectivity index (χ0) is 10.6. The molecule has 0 aliphatic heterocycles. The van der Waals surface area contributed by atoms with E-state index in [0.29, 0.717) is 0 Å². The maximum absolute atomic E-state index is 5.14. The third-order valence-electron chi connectivity index (χ3n) is 2.07. The van der Waals surface area contributed by atoms with Crippen molar-refractivity contribution < 1.29 is 9.47 Å². The minimum absolute atomic E-state index is 0.170. The highest BCUT2D eigenvalue weighted by atomic mass is 16.7. The number of pyridine rings is 1. The Hall–Kier alpha value is -0.930. The molecule has 0 aliphatic rings. The summed E-state index contributed by atoms with van der Waals surface area (Å²) in [6.07, 6.45) is 0.591. The van der Waals surface area contributed by atoms with E-state index in [-0.39, 0.29) is 6.29 Å². The van der Waals surface area contributed by atoms with E-state index in [1.807, 2.05) is 13.8 Å². The van der Waals surface area contributed by atoms with Crippen LogP contribution in [0.15, 0.2) is 12.1 Å². The first-order chi connectivity index (χ1) is 6.65. The number of aromatic nitrogens is 1. The van der Waals surface area contributed by atoms with E-state index in [1.54, 1.807) is 14.2 Å². The van der Waals surface area contributed by atoms with Gasteiger partial charge in [0.1, 0.15) is 0 Å². The van der Waals surface area contributed by atoms with E-state index in [9.17, 15) is 0 Å². The number of hydrogen-bond donors (Lipinski definition) is 0. The van der Waals surface area contributed by atoms with E-state index in [2.05, 4.69) is 17.1 Å². The Morgan fingerprint density at radius 1 is 1.14 bits per heavy atom. The fourth-order valence-electron chi connectivity index (χ4n) is 1.49. The van der Waals surface area contributed by atoms with Crippen LogP contribution in [0.4, 0.5) is 0 Å². The number of nitrogens with zero attached hydrogens (tertiary/aromatic N) is 1. The van der Waals surface area contributed by atoms with Crippen molar-refractivity contribution in [2.45, 2.75) is 26.6 Å². The monoisotopic (exact) mass is 195 g/mol. The largest absolute Gasteiger partial charge is 0.356 e. The van der Waals surface area contributed by atoms with Crippen LogP contribution in [-0.2, 0) is 15.9 Å². The summed E-state index contributed by atoms with van der Waals surface area (Å²) in [4.78, 5) is 4.31. The molecular weight excluding hydrogens is 178 g/mol. The van der Waals surface area contributed by atoms with Gasteiger partial charge in [-0.2, -0.15) is 0 Å². The van der Waals surface area contributed by atoms with Gasteiger partial charge in [0, 0.05) is 32.0 Å². The zero-order valence-corrected chi connectivity index (χ0v) is 9.20. The Balaban J connectivity index is 2.75. The zero-order valence-electron chi connectivity index (χ0n) is 9.20. The van der Waals surface area contributed by atoms with Crippen molar-refractivity contribution in [1.29, 1.82) is 0 Å². The molecular formula is C11H17NO2. The molecule has 0 saturated heterocycles. The first-order valence-corrected chi connectivity index (χ1v) is 4.65. The van der Waals surface area contributed by atoms with Gasteiger partial charge in [0.25, 0.3) is 0 Å². The molecule has 1 aromatic rings. The second-order valence-electron chi connectivity index (χ2n) is 3.36. The fraction of sp³-hybridized carbons (Fsp3) is 0.545. The van der Waals surface area contributed by atoms with Crippen LogP contribution in [0.2, 0.25) is 0 Å². The third-order valence-corrected chi connectivity index (χ3v) is 2.07. The molecule has 1 aromatic heterocycles. The SMILES string of the molecule is COC(Cc1cc(C)nc(C)c1)OC. The van der Waals surface area contributed by atoms with Gasteiger partial charge >= 0.3 is 0 Å². The van der Waals surface area contributed by atoms with Crippen molar-refractivity contribution in [1.82, 2.24) is 4.98 Å². The highest BCUT2D eigenvalue weighted by Gasteiger charge is 2.07. The Labute approximate surface area is 85.1 Å². The van der Waals surface area contributed by atoms with E-state index < -0.39 is 0 Å². The number of ether oxygens (including phenoxy) is 2. The molecule has 3 heteroatoms. The lowest BCUT2D eigenvalue weighted by Gasteiger charge is -2.13. The number of rotatable bonds is 4. The minimum atomic E-state index is -0.170. The quantitative estimate of drug-likeness (QED) is 0.687. The maximum atomic E-state index is 5.14. The predicted octanol–water partition coefficient (Wildman–Crippen LogP) is 1.86. The summed E-state index contributed by atoms with van der Waals surface area (Å²) in [5, 5.41) is 0. The summed E-state index contributed by atoms with van der Waals surface area (Å²) in [7, 11) is 3.30. The molecule has 0 N–H and O–H groups in total. The highest BCUT2D eigenvalue weighted by molar-refractivity contribution is 5.20. The molecule has 3 nitrogen and oxygen atoms in total. The normalized spacial score (nSPS) is 10.9. The molecule has 0 bridgehead atoms. The molecule has 0 radical (unpaired) electrons. The maximum Gasteiger partial charge on any atom is 0.160 e. The van der Waals surface area contributed by atoms with Gasteiger partial charge in [-0.25, -0.2) is 0 Å². The number of methoxy groups -OCH3 is 2. The van der Waals surface area contributed by atoms with Gasteiger partial charge in [-0.1, -0.05) is 0 Å². The van der Waals surface area contributed by atoms with Crippen LogP contribution in [0.5, 0.6) is 0 Å². The predicted molar refractivity (Wildman–Crippen MR) is 55.2 cm³/mol. The second-order valence-corrected chi connectivity index (χ2v) is 3.36. The molecule has 0 aromatic carbocycles.